The van der Waals surface area contributed by atoms with E-state index in [0.717, 1.165) is 16.8 Å². The van der Waals surface area contributed by atoms with Crippen LogP contribution < -0.4 is 0 Å². The molecule has 0 N–H and O–H groups in total. The third-order valence-electron chi connectivity index (χ3n) is 3.91. The van der Waals surface area contributed by atoms with Gasteiger partial charge in [0.25, 0.3) is 0 Å². The molecule has 0 amide bonds. The first-order valence-electron chi connectivity index (χ1n) is 6.92. The standard InChI is InChI=1S/C17H18FNO2/c1-13-11-15(7-8-19(13)2)17(12-20-9-10-21-17)14-3-5-16(18)6-4-14/h3-8,11H,1,9-10,12H2,2H3. The molecule has 0 radical (unpaired) electrons. The molecular formula is C17H18FNO2. The largest absolute Gasteiger partial charge is 0.375 e. The first-order chi connectivity index (χ1) is 10.1. The van der Waals surface area contributed by atoms with Crippen LogP contribution >= 0.6 is 0 Å². The predicted molar refractivity (Wildman–Crippen MR) is 79.0 cm³/mol. The number of nitrogens with zero attached hydrogens (tertiary/aromatic N) is 1. The zero-order valence-corrected chi connectivity index (χ0v) is 12.0. The van der Waals surface area contributed by atoms with Crippen LogP contribution in [0.3, 0.4) is 0 Å². The Kier molecular flexibility index (Phi) is 3.66. The van der Waals surface area contributed by atoms with E-state index in [9.17, 15) is 4.39 Å². The highest BCUT2D eigenvalue weighted by molar-refractivity contribution is 5.45. The smallest absolute Gasteiger partial charge is 0.142 e. The minimum Gasteiger partial charge on any atom is -0.375 e. The number of halogens is 1. The lowest BCUT2D eigenvalue weighted by Gasteiger charge is -2.40. The van der Waals surface area contributed by atoms with Crippen molar-refractivity contribution in [3.63, 3.8) is 0 Å². The highest BCUT2D eigenvalue weighted by Gasteiger charge is 2.39. The molecular weight excluding hydrogens is 269 g/mol. The highest BCUT2D eigenvalue weighted by atomic mass is 19.1. The molecule has 1 fully saturated rings. The fourth-order valence-corrected chi connectivity index (χ4v) is 2.62. The van der Waals surface area contributed by atoms with Crippen LogP contribution in [-0.4, -0.2) is 31.8 Å². The van der Waals surface area contributed by atoms with Crippen LogP contribution in [0.5, 0.6) is 0 Å². The minimum absolute atomic E-state index is 0.261. The van der Waals surface area contributed by atoms with Crippen LogP contribution in [0, 0.1) is 5.82 Å². The molecule has 1 aromatic rings. The van der Waals surface area contributed by atoms with Crippen LogP contribution in [0.15, 0.2) is 60.5 Å². The van der Waals surface area contributed by atoms with Gasteiger partial charge in [0, 0.05) is 18.9 Å². The number of hydrogen-bond donors (Lipinski definition) is 0. The van der Waals surface area contributed by atoms with E-state index in [1.54, 1.807) is 12.1 Å². The molecule has 4 heteroatoms. The van der Waals surface area contributed by atoms with E-state index < -0.39 is 5.60 Å². The highest BCUT2D eigenvalue weighted by Crippen LogP contribution is 2.39. The normalized spacial score (nSPS) is 25.9. The summed E-state index contributed by atoms with van der Waals surface area (Å²) in [5.41, 5.74) is 2.03. The maximum absolute atomic E-state index is 13.2. The van der Waals surface area contributed by atoms with Gasteiger partial charge in [0.2, 0.25) is 0 Å². The Labute approximate surface area is 124 Å². The van der Waals surface area contributed by atoms with Gasteiger partial charge in [0.05, 0.1) is 19.8 Å². The number of likely N-dealkylation sites (N-methyl/N-ethyl adjacent to an activating group) is 1. The van der Waals surface area contributed by atoms with Crippen LogP contribution in [0.25, 0.3) is 0 Å². The summed E-state index contributed by atoms with van der Waals surface area (Å²) in [6.07, 6.45) is 5.92. The van der Waals surface area contributed by atoms with Crippen molar-refractivity contribution in [1.29, 1.82) is 0 Å². The topological polar surface area (TPSA) is 21.7 Å². The monoisotopic (exact) mass is 287 g/mol. The molecule has 3 rings (SSSR count). The average molecular weight is 287 g/mol. The van der Waals surface area contributed by atoms with Gasteiger partial charge < -0.3 is 14.4 Å². The van der Waals surface area contributed by atoms with Gasteiger partial charge in [0.15, 0.2) is 0 Å². The number of benzene rings is 1. The van der Waals surface area contributed by atoms with Crippen molar-refractivity contribution in [3.8, 4) is 0 Å². The Hall–Kier alpha value is -1.91. The molecule has 2 heterocycles. The van der Waals surface area contributed by atoms with Gasteiger partial charge in [-0.1, -0.05) is 18.7 Å². The van der Waals surface area contributed by atoms with Crippen molar-refractivity contribution in [2.75, 3.05) is 26.9 Å². The van der Waals surface area contributed by atoms with Crippen molar-refractivity contribution in [1.82, 2.24) is 4.90 Å². The number of allylic oxidation sites excluding steroid dienone is 1. The summed E-state index contributed by atoms with van der Waals surface area (Å²) in [7, 11) is 1.94. The molecule has 2 aliphatic heterocycles. The zero-order valence-electron chi connectivity index (χ0n) is 12.0. The van der Waals surface area contributed by atoms with Gasteiger partial charge >= 0.3 is 0 Å². The average Bonchev–Trinajstić information content (AvgIpc) is 2.51. The molecule has 1 saturated heterocycles. The molecule has 0 spiro atoms. The lowest BCUT2D eigenvalue weighted by Crippen LogP contribution is -2.42. The molecule has 1 aromatic carbocycles. The molecule has 1 unspecified atom stereocenters. The molecule has 21 heavy (non-hydrogen) atoms. The number of rotatable bonds is 2. The van der Waals surface area contributed by atoms with E-state index in [0.29, 0.717) is 19.8 Å². The molecule has 0 aromatic heterocycles. The molecule has 0 bridgehead atoms. The van der Waals surface area contributed by atoms with E-state index in [1.165, 1.54) is 12.1 Å². The number of ether oxygens (including phenoxy) is 2. The van der Waals surface area contributed by atoms with Gasteiger partial charge in [-0.15, -0.1) is 0 Å². The summed E-state index contributed by atoms with van der Waals surface area (Å²) in [6.45, 7) is 5.50. The van der Waals surface area contributed by atoms with E-state index in [4.69, 9.17) is 9.47 Å². The van der Waals surface area contributed by atoms with Crippen LogP contribution in [0.4, 0.5) is 4.39 Å². The van der Waals surface area contributed by atoms with E-state index in [1.807, 2.05) is 30.3 Å². The minimum atomic E-state index is -0.702. The van der Waals surface area contributed by atoms with Crippen molar-refractivity contribution in [3.05, 3.63) is 71.8 Å². The second kappa shape index (κ2) is 5.47. The van der Waals surface area contributed by atoms with Crippen molar-refractivity contribution in [2.24, 2.45) is 0 Å². The van der Waals surface area contributed by atoms with Crippen molar-refractivity contribution >= 4 is 0 Å². The van der Waals surface area contributed by atoms with Crippen molar-refractivity contribution < 1.29 is 13.9 Å². The first kappa shape index (κ1) is 14.0. The molecule has 0 saturated carbocycles. The molecule has 1 atom stereocenters. The maximum atomic E-state index is 13.2. The van der Waals surface area contributed by atoms with E-state index >= 15 is 0 Å². The van der Waals surface area contributed by atoms with Crippen LogP contribution in [-0.2, 0) is 15.1 Å². The molecule has 3 nitrogen and oxygen atoms in total. The van der Waals surface area contributed by atoms with Crippen LogP contribution in [0.1, 0.15) is 5.56 Å². The summed E-state index contributed by atoms with van der Waals surface area (Å²) in [5.74, 6) is -0.261. The lowest BCUT2D eigenvalue weighted by molar-refractivity contribution is -0.140. The Morgan fingerprint density at radius 1 is 1.24 bits per heavy atom. The Morgan fingerprint density at radius 2 is 2.00 bits per heavy atom. The second-order valence-electron chi connectivity index (χ2n) is 5.25. The van der Waals surface area contributed by atoms with Crippen LogP contribution in [0.2, 0.25) is 0 Å². The van der Waals surface area contributed by atoms with E-state index in [-0.39, 0.29) is 5.82 Å². The Bertz CT molecular complexity index is 598. The van der Waals surface area contributed by atoms with Gasteiger partial charge in [-0.3, -0.25) is 0 Å². The SMILES string of the molecule is C=C1C=C(C2(c3ccc(F)cc3)COCCO2)C=CN1C. The van der Waals surface area contributed by atoms with Crippen molar-refractivity contribution in [2.45, 2.75) is 5.60 Å². The quantitative estimate of drug-likeness (QED) is 0.834. The fourth-order valence-electron chi connectivity index (χ4n) is 2.62. The Balaban J connectivity index is 2.05. The maximum Gasteiger partial charge on any atom is 0.142 e. The van der Waals surface area contributed by atoms with E-state index in [2.05, 4.69) is 6.58 Å². The summed E-state index contributed by atoms with van der Waals surface area (Å²) in [6, 6.07) is 6.39. The Morgan fingerprint density at radius 3 is 2.62 bits per heavy atom. The lowest BCUT2D eigenvalue weighted by atomic mass is 9.84. The van der Waals surface area contributed by atoms with Gasteiger partial charge in [-0.05, 0) is 35.4 Å². The number of hydrogen-bond acceptors (Lipinski definition) is 3. The zero-order chi connectivity index (χ0) is 14.9. The molecule has 110 valence electrons. The third kappa shape index (κ3) is 2.52. The predicted octanol–water partition coefficient (Wildman–Crippen LogP) is 2.97. The summed E-state index contributed by atoms with van der Waals surface area (Å²) in [4.78, 5) is 1.94. The molecule has 2 aliphatic rings. The first-order valence-corrected chi connectivity index (χ1v) is 6.92. The third-order valence-corrected chi connectivity index (χ3v) is 3.91. The molecule has 0 aliphatic carbocycles. The van der Waals surface area contributed by atoms with Gasteiger partial charge in [-0.2, -0.15) is 0 Å². The van der Waals surface area contributed by atoms with Gasteiger partial charge in [-0.25, -0.2) is 4.39 Å². The summed E-state index contributed by atoms with van der Waals surface area (Å²) >= 11 is 0. The fraction of sp³-hybridized carbons (Fsp3) is 0.294. The summed E-state index contributed by atoms with van der Waals surface area (Å²) in [5, 5.41) is 0. The summed E-state index contributed by atoms with van der Waals surface area (Å²) < 4.78 is 24.9. The second-order valence-corrected chi connectivity index (χ2v) is 5.25. The van der Waals surface area contributed by atoms with Gasteiger partial charge in [0.1, 0.15) is 11.4 Å².